The second-order valence-corrected chi connectivity index (χ2v) is 6.33. The molecule has 0 unspecified atom stereocenters. The van der Waals surface area contributed by atoms with Gasteiger partial charge in [0.25, 0.3) is 5.91 Å². The normalized spacial score (nSPS) is 11.8. The van der Waals surface area contributed by atoms with Crippen LogP contribution in [0.1, 0.15) is 15.9 Å². The number of carbonyl (C=O) groups excluding carboxylic acids is 1. The first-order chi connectivity index (χ1) is 13.7. The maximum Gasteiger partial charge on any atom is 0.504 e. The number of aromatic nitrogens is 4. The third-order valence-corrected chi connectivity index (χ3v) is 4.39. The van der Waals surface area contributed by atoms with E-state index in [1.807, 2.05) is 0 Å². The van der Waals surface area contributed by atoms with Gasteiger partial charge in [-0.2, -0.15) is 14.9 Å². The van der Waals surface area contributed by atoms with Crippen LogP contribution in [0.3, 0.4) is 0 Å². The molecule has 0 aliphatic heterocycles. The average molecular weight is 403 g/mol. The Balaban J connectivity index is 1.69. The van der Waals surface area contributed by atoms with Gasteiger partial charge >= 0.3 is 6.30 Å². The number of fused-ring (bicyclic) bond motifs is 1. The summed E-state index contributed by atoms with van der Waals surface area (Å²) in [6.45, 7) is 1.58. The Morgan fingerprint density at radius 2 is 1.93 bits per heavy atom. The van der Waals surface area contributed by atoms with Crippen molar-refractivity contribution in [2.24, 2.45) is 0 Å². The average Bonchev–Trinajstić information content (AvgIpc) is 3.30. The van der Waals surface area contributed by atoms with Crippen LogP contribution in [0.2, 0.25) is 0 Å². The van der Waals surface area contributed by atoms with E-state index >= 15 is 0 Å². The van der Waals surface area contributed by atoms with E-state index < -0.39 is 18.0 Å². The largest absolute Gasteiger partial charge is 0.504 e. The second kappa shape index (κ2) is 6.73. The van der Waals surface area contributed by atoms with Crippen LogP contribution in [0.5, 0.6) is 0 Å². The molecular formula is C19H13F4N5O. The lowest BCUT2D eigenvalue weighted by atomic mass is 10.0. The molecular weight excluding hydrogens is 390 g/mol. The van der Waals surface area contributed by atoms with Gasteiger partial charge in [0.2, 0.25) is 0 Å². The molecule has 0 saturated heterocycles. The van der Waals surface area contributed by atoms with Crippen molar-refractivity contribution < 1.29 is 22.4 Å². The van der Waals surface area contributed by atoms with E-state index in [1.165, 1.54) is 16.8 Å². The maximum atomic E-state index is 14.4. The summed E-state index contributed by atoms with van der Waals surface area (Å²) in [5.74, 6) is -1.20. The smallest absolute Gasteiger partial charge is 0.322 e. The number of hydrogen-bond donors (Lipinski definition) is 1. The molecule has 4 rings (SSSR count). The predicted octanol–water partition coefficient (Wildman–Crippen LogP) is 4.37. The van der Waals surface area contributed by atoms with Gasteiger partial charge in [0.05, 0.1) is 23.5 Å². The molecule has 1 amide bonds. The van der Waals surface area contributed by atoms with Crippen molar-refractivity contribution in [2.45, 2.75) is 13.2 Å². The van der Waals surface area contributed by atoms with Crippen LogP contribution in [-0.2, 0) is 6.30 Å². The topological polar surface area (TPSA) is 64.2 Å². The van der Waals surface area contributed by atoms with Crippen LogP contribution < -0.4 is 5.32 Å². The van der Waals surface area contributed by atoms with Gasteiger partial charge in [-0.1, -0.05) is 6.07 Å². The van der Waals surface area contributed by atoms with Crippen molar-refractivity contribution in [3.05, 3.63) is 72.1 Å². The first kappa shape index (κ1) is 18.7. The minimum absolute atomic E-state index is 0.0636. The third kappa shape index (κ3) is 3.44. The lowest BCUT2D eigenvalue weighted by Gasteiger charge is -2.11. The Morgan fingerprint density at radius 1 is 1.14 bits per heavy atom. The number of alkyl halides is 3. The van der Waals surface area contributed by atoms with Crippen LogP contribution in [-0.4, -0.2) is 25.3 Å². The van der Waals surface area contributed by atoms with E-state index in [0.29, 0.717) is 22.8 Å². The van der Waals surface area contributed by atoms with Crippen LogP contribution in [0.25, 0.3) is 16.6 Å². The van der Waals surface area contributed by atoms with Crippen molar-refractivity contribution in [1.82, 2.24) is 19.4 Å². The number of anilines is 1. The van der Waals surface area contributed by atoms with Crippen LogP contribution in [0, 0.1) is 12.7 Å². The Morgan fingerprint density at radius 3 is 2.66 bits per heavy atom. The van der Waals surface area contributed by atoms with E-state index in [2.05, 4.69) is 15.5 Å². The Labute approximate surface area is 161 Å². The number of amides is 1. The Bertz CT molecular complexity index is 1230. The summed E-state index contributed by atoms with van der Waals surface area (Å²) in [6.07, 6.45) is -0.0217. The van der Waals surface area contributed by atoms with Crippen molar-refractivity contribution in [2.75, 3.05) is 5.32 Å². The number of pyridine rings is 1. The van der Waals surface area contributed by atoms with Crippen LogP contribution >= 0.6 is 0 Å². The summed E-state index contributed by atoms with van der Waals surface area (Å²) in [5, 5.41) is 9.98. The molecule has 0 fully saturated rings. The number of aryl methyl sites for hydroxylation is 1. The molecule has 0 saturated carbocycles. The fraction of sp³-hybridized carbons (Fsp3) is 0.105. The lowest BCUT2D eigenvalue weighted by Crippen LogP contribution is -2.16. The summed E-state index contributed by atoms with van der Waals surface area (Å²) in [6, 6.07) is 7.67. The number of hydrogen-bond acceptors (Lipinski definition) is 3. The quantitative estimate of drug-likeness (QED) is 0.517. The number of carbonyl (C=O) groups is 1. The van der Waals surface area contributed by atoms with Gasteiger partial charge in [0.1, 0.15) is 5.82 Å². The summed E-state index contributed by atoms with van der Waals surface area (Å²) in [7, 11) is 0. The van der Waals surface area contributed by atoms with E-state index in [0.717, 1.165) is 12.3 Å². The number of nitrogens with one attached hydrogen (secondary N) is 1. The summed E-state index contributed by atoms with van der Waals surface area (Å²) >= 11 is 0. The van der Waals surface area contributed by atoms with Gasteiger partial charge in [-0.05, 0) is 36.8 Å². The first-order valence-corrected chi connectivity index (χ1v) is 8.40. The summed E-state index contributed by atoms with van der Waals surface area (Å²) in [4.78, 5) is 12.7. The van der Waals surface area contributed by atoms with E-state index in [-0.39, 0.29) is 21.5 Å². The first-order valence-electron chi connectivity index (χ1n) is 8.40. The second-order valence-electron chi connectivity index (χ2n) is 6.33. The minimum Gasteiger partial charge on any atom is -0.322 e. The van der Waals surface area contributed by atoms with Crippen molar-refractivity contribution >= 4 is 17.1 Å². The molecule has 1 aromatic carbocycles. The van der Waals surface area contributed by atoms with Gasteiger partial charge in [0.15, 0.2) is 0 Å². The van der Waals surface area contributed by atoms with Gasteiger partial charge < -0.3 is 5.32 Å². The minimum atomic E-state index is -4.71. The monoisotopic (exact) mass is 403 g/mol. The summed E-state index contributed by atoms with van der Waals surface area (Å²) < 4.78 is 54.0. The molecule has 0 atom stereocenters. The molecule has 6 nitrogen and oxygen atoms in total. The molecule has 4 aromatic rings. The molecule has 1 N–H and O–H groups in total. The van der Waals surface area contributed by atoms with E-state index in [4.69, 9.17) is 0 Å². The Kier molecular flexibility index (Phi) is 4.33. The standard InChI is InChI=1S/C19H13F4N5O/c1-11-6-15(20)13(12-8-25-28(10-12)19(21,22)23)7-16(11)26-18(29)14-9-24-27-5-3-2-4-17(14)27/h2-10H,1H3,(H,26,29). The molecule has 148 valence electrons. The molecule has 0 aliphatic carbocycles. The summed E-state index contributed by atoms with van der Waals surface area (Å²) in [5.41, 5.74) is 1.39. The van der Waals surface area contributed by atoms with E-state index in [1.54, 1.807) is 31.3 Å². The van der Waals surface area contributed by atoms with E-state index in [9.17, 15) is 22.4 Å². The number of benzene rings is 1. The highest BCUT2D eigenvalue weighted by Gasteiger charge is 2.32. The van der Waals surface area contributed by atoms with Crippen LogP contribution in [0.4, 0.5) is 23.2 Å². The van der Waals surface area contributed by atoms with Gasteiger partial charge in [-0.25, -0.2) is 8.91 Å². The molecule has 10 heteroatoms. The highest BCUT2D eigenvalue weighted by molar-refractivity contribution is 6.09. The zero-order valence-electron chi connectivity index (χ0n) is 14.9. The SMILES string of the molecule is Cc1cc(F)c(-c2cnn(C(F)(F)F)c2)cc1NC(=O)c1cnn2ccccc12. The molecule has 0 aliphatic rings. The van der Waals surface area contributed by atoms with Crippen molar-refractivity contribution in [3.63, 3.8) is 0 Å². The van der Waals surface area contributed by atoms with Crippen LogP contribution in [0.15, 0.2) is 55.1 Å². The molecule has 0 spiro atoms. The lowest BCUT2D eigenvalue weighted by molar-refractivity contribution is -0.212. The molecule has 0 bridgehead atoms. The van der Waals surface area contributed by atoms with Gasteiger partial charge in [0, 0.05) is 29.2 Å². The molecule has 3 heterocycles. The zero-order valence-corrected chi connectivity index (χ0v) is 14.9. The fourth-order valence-electron chi connectivity index (χ4n) is 2.93. The number of nitrogens with zero attached hydrogens (tertiary/aromatic N) is 4. The van der Waals surface area contributed by atoms with Crippen molar-refractivity contribution in [1.29, 1.82) is 0 Å². The third-order valence-electron chi connectivity index (χ3n) is 4.39. The predicted molar refractivity (Wildman–Crippen MR) is 96.8 cm³/mol. The van der Waals surface area contributed by atoms with Gasteiger partial charge in [-0.3, -0.25) is 4.79 Å². The molecule has 29 heavy (non-hydrogen) atoms. The number of halogens is 4. The van der Waals surface area contributed by atoms with Gasteiger partial charge in [-0.15, -0.1) is 13.2 Å². The van der Waals surface area contributed by atoms with Crippen molar-refractivity contribution in [3.8, 4) is 11.1 Å². The molecule has 0 radical (unpaired) electrons. The maximum absolute atomic E-state index is 14.4. The fourth-order valence-corrected chi connectivity index (χ4v) is 2.93. The molecule has 3 aromatic heterocycles. The zero-order chi connectivity index (χ0) is 20.8. The number of rotatable bonds is 3. The Hall–Kier alpha value is -3.69. The highest BCUT2D eigenvalue weighted by atomic mass is 19.4. The highest BCUT2D eigenvalue weighted by Crippen LogP contribution is 2.31.